The number of nitrogens with one attached hydrogen (secondary N) is 1. The largest absolute Gasteiger partial charge is 0.423 e. The monoisotopic (exact) mass is 429 g/mol. The van der Waals surface area contributed by atoms with E-state index >= 15 is 0 Å². The number of rotatable bonds is 6. The lowest BCUT2D eigenvalue weighted by molar-refractivity contribution is -0.118. The Labute approximate surface area is 189 Å². The number of tetrazole rings is 1. The molecule has 3 aromatic rings. The molecule has 1 N–H and O–H groups in total. The lowest BCUT2D eigenvalue weighted by Gasteiger charge is -2.65. The smallest absolute Gasteiger partial charge is 0.345 e. The molecule has 4 atom stereocenters. The van der Waals surface area contributed by atoms with Crippen LogP contribution in [-0.4, -0.2) is 25.7 Å². The molecule has 166 valence electrons. The van der Waals surface area contributed by atoms with Crippen LogP contribution < -0.4 is 10.1 Å². The minimum absolute atomic E-state index is 0.289. The van der Waals surface area contributed by atoms with Gasteiger partial charge in [0.2, 0.25) is 0 Å². The van der Waals surface area contributed by atoms with E-state index < -0.39 is 0 Å². The number of aromatic nitrogens is 4. The van der Waals surface area contributed by atoms with Gasteiger partial charge >= 0.3 is 6.01 Å². The van der Waals surface area contributed by atoms with Crippen LogP contribution >= 0.6 is 0 Å². The Morgan fingerprint density at radius 2 is 1.75 bits per heavy atom. The van der Waals surface area contributed by atoms with Crippen LogP contribution in [0.25, 0.3) is 5.69 Å². The summed E-state index contributed by atoms with van der Waals surface area (Å²) in [6, 6.07) is 18.4. The molecule has 4 aliphatic rings. The van der Waals surface area contributed by atoms with Crippen LogP contribution in [0, 0.1) is 16.7 Å². The van der Waals surface area contributed by atoms with Crippen LogP contribution in [0.5, 0.6) is 11.8 Å². The van der Waals surface area contributed by atoms with Gasteiger partial charge in [0, 0.05) is 12.1 Å². The van der Waals surface area contributed by atoms with Gasteiger partial charge in [-0.3, -0.25) is 0 Å². The molecule has 2 aromatic carbocycles. The molecule has 4 aliphatic carbocycles. The molecule has 1 heterocycles. The van der Waals surface area contributed by atoms with Crippen molar-refractivity contribution in [3.05, 3.63) is 60.2 Å². The number of hydrogen-bond donors (Lipinski definition) is 1. The van der Waals surface area contributed by atoms with Gasteiger partial charge in [-0.25, -0.2) is 0 Å². The van der Waals surface area contributed by atoms with Crippen LogP contribution in [0.1, 0.15) is 57.9 Å². The second-order valence-electron chi connectivity index (χ2n) is 11.2. The fraction of sp³-hybridized carbons (Fsp3) is 0.500. The third-order valence-electron chi connectivity index (χ3n) is 7.84. The predicted octanol–water partition coefficient (Wildman–Crippen LogP) is 5.29. The predicted molar refractivity (Wildman–Crippen MR) is 123 cm³/mol. The highest BCUT2D eigenvalue weighted by Gasteiger charge is 2.59. The molecule has 0 amide bonds. The lowest BCUT2D eigenvalue weighted by Crippen LogP contribution is -2.63. The fourth-order valence-electron chi connectivity index (χ4n) is 7.73. The number of hydrogen-bond acceptors (Lipinski definition) is 5. The van der Waals surface area contributed by atoms with Crippen LogP contribution in [0.2, 0.25) is 0 Å². The van der Waals surface area contributed by atoms with Gasteiger partial charge in [0.15, 0.2) is 0 Å². The normalized spacial score (nSPS) is 32.9. The molecule has 2 unspecified atom stereocenters. The molecule has 0 radical (unpaired) electrons. The molecule has 6 heteroatoms. The SMILES string of the molecule is C[C@]12CC3CC(NCc4cccc(Oc5nnnn5-c5ccccc5)c4)(C1)C[C@@](C)(C3)C2. The van der Waals surface area contributed by atoms with E-state index in [1.807, 2.05) is 42.5 Å². The van der Waals surface area contributed by atoms with Crippen LogP contribution in [0.15, 0.2) is 54.6 Å². The van der Waals surface area contributed by atoms with Crippen molar-refractivity contribution in [2.75, 3.05) is 0 Å². The van der Waals surface area contributed by atoms with Gasteiger partial charge in [-0.15, -0.1) is 0 Å². The van der Waals surface area contributed by atoms with Gasteiger partial charge < -0.3 is 10.1 Å². The number of para-hydroxylation sites is 1. The minimum atomic E-state index is 0.289. The van der Waals surface area contributed by atoms with E-state index in [1.54, 1.807) is 4.68 Å². The van der Waals surface area contributed by atoms with E-state index in [4.69, 9.17) is 4.74 Å². The first-order chi connectivity index (χ1) is 15.4. The molecule has 4 saturated carbocycles. The van der Waals surface area contributed by atoms with E-state index in [2.05, 4.69) is 46.8 Å². The summed E-state index contributed by atoms with van der Waals surface area (Å²) in [4.78, 5) is 0. The number of nitrogens with zero attached hydrogens (tertiary/aromatic N) is 4. The summed E-state index contributed by atoms with van der Waals surface area (Å²) in [5, 5.41) is 16.0. The second kappa shape index (κ2) is 7.14. The zero-order valence-electron chi connectivity index (χ0n) is 18.9. The molecular weight excluding hydrogens is 398 g/mol. The molecule has 0 saturated heterocycles. The first-order valence-corrected chi connectivity index (χ1v) is 11.8. The Bertz CT molecular complexity index is 1110. The molecule has 0 aliphatic heterocycles. The van der Waals surface area contributed by atoms with Crippen molar-refractivity contribution in [3.63, 3.8) is 0 Å². The molecule has 32 heavy (non-hydrogen) atoms. The number of benzene rings is 2. The standard InChI is InChI=1S/C26H31N5O/c1-24-12-20-13-25(2,16-24)18-26(14-20,17-24)27-15-19-7-6-10-22(11-19)32-23-28-29-30-31(23)21-8-4-3-5-9-21/h3-11,20,27H,12-18H2,1-2H3/t20?,24-,25+,26?. The second-order valence-corrected chi connectivity index (χ2v) is 11.2. The molecular formula is C26H31N5O. The summed E-state index contributed by atoms with van der Waals surface area (Å²) in [7, 11) is 0. The van der Waals surface area contributed by atoms with Gasteiger partial charge in [0.25, 0.3) is 0 Å². The maximum atomic E-state index is 6.07. The van der Waals surface area contributed by atoms with E-state index in [0.717, 1.165) is 23.9 Å². The summed E-state index contributed by atoms with van der Waals surface area (Å²) >= 11 is 0. The van der Waals surface area contributed by atoms with Crippen molar-refractivity contribution in [2.24, 2.45) is 16.7 Å². The fourth-order valence-corrected chi connectivity index (χ4v) is 7.73. The van der Waals surface area contributed by atoms with Gasteiger partial charge in [0.05, 0.1) is 5.69 Å². The third kappa shape index (κ3) is 3.60. The summed E-state index contributed by atoms with van der Waals surface area (Å²) < 4.78 is 7.68. The summed E-state index contributed by atoms with van der Waals surface area (Å²) in [5.41, 5.74) is 3.42. The topological polar surface area (TPSA) is 64.9 Å². The Kier molecular flexibility index (Phi) is 4.44. The van der Waals surface area contributed by atoms with Crippen molar-refractivity contribution < 1.29 is 4.74 Å². The van der Waals surface area contributed by atoms with Gasteiger partial charge in [-0.05, 0) is 95.5 Å². The highest BCUT2D eigenvalue weighted by atomic mass is 16.5. The van der Waals surface area contributed by atoms with Crippen LogP contribution in [0.3, 0.4) is 0 Å². The van der Waals surface area contributed by atoms with Crippen molar-refractivity contribution in [1.82, 2.24) is 25.5 Å². The van der Waals surface area contributed by atoms with Crippen LogP contribution in [-0.2, 0) is 6.54 Å². The minimum Gasteiger partial charge on any atom is -0.423 e. The Balaban J connectivity index is 1.18. The average Bonchev–Trinajstić information content (AvgIpc) is 3.19. The van der Waals surface area contributed by atoms with Crippen molar-refractivity contribution in [3.8, 4) is 17.4 Å². The Hall–Kier alpha value is -2.73. The van der Waals surface area contributed by atoms with Crippen LogP contribution in [0.4, 0.5) is 0 Å². The first-order valence-electron chi connectivity index (χ1n) is 11.8. The van der Waals surface area contributed by atoms with Gasteiger partial charge in [-0.2, -0.15) is 4.68 Å². The molecule has 7 rings (SSSR count). The molecule has 4 fully saturated rings. The van der Waals surface area contributed by atoms with E-state index in [0.29, 0.717) is 16.8 Å². The highest BCUT2D eigenvalue weighted by Crippen LogP contribution is 2.66. The van der Waals surface area contributed by atoms with Crippen molar-refractivity contribution in [2.45, 2.75) is 64.5 Å². The average molecular weight is 430 g/mol. The quantitative estimate of drug-likeness (QED) is 0.576. The Morgan fingerprint density at radius 1 is 0.969 bits per heavy atom. The highest BCUT2D eigenvalue weighted by molar-refractivity contribution is 5.34. The van der Waals surface area contributed by atoms with Gasteiger partial charge in [0.1, 0.15) is 5.75 Å². The Morgan fingerprint density at radius 3 is 2.50 bits per heavy atom. The first kappa shape index (κ1) is 19.9. The van der Waals surface area contributed by atoms with E-state index in [-0.39, 0.29) is 5.54 Å². The van der Waals surface area contributed by atoms with Crippen molar-refractivity contribution >= 4 is 0 Å². The van der Waals surface area contributed by atoms with E-state index in [1.165, 1.54) is 44.1 Å². The summed E-state index contributed by atoms with van der Waals surface area (Å²) in [6.07, 6.45) is 8.21. The molecule has 1 aromatic heterocycles. The zero-order valence-corrected chi connectivity index (χ0v) is 18.9. The molecule has 0 spiro atoms. The molecule has 6 nitrogen and oxygen atoms in total. The molecule has 4 bridgehead atoms. The number of ether oxygens (including phenoxy) is 1. The maximum Gasteiger partial charge on any atom is 0.345 e. The summed E-state index contributed by atoms with van der Waals surface area (Å²) in [5.74, 6) is 1.64. The van der Waals surface area contributed by atoms with Crippen molar-refractivity contribution in [1.29, 1.82) is 0 Å². The maximum absolute atomic E-state index is 6.07. The zero-order chi connectivity index (χ0) is 21.8. The third-order valence-corrected chi connectivity index (χ3v) is 7.84. The summed E-state index contributed by atoms with van der Waals surface area (Å²) in [6.45, 7) is 5.91. The van der Waals surface area contributed by atoms with Gasteiger partial charge in [-0.1, -0.05) is 49.3 Å². The lowest BCUT2D eigenvalue weighted by atomic mass is 9.43. The van der Waals surface area contributed by atoms with E-state index in [9.17, 15) is 0 Å².